The van der Waals surface area contributed by atoms with E-state index >= 15 is 0 Å². The van der Waals surface area contributed by atoms with Gasteiger partial charge in [0.1, 0.15) is 5.82 Å². The number of rotatable bonds is 4. The van der Waals surface area contributed by atoms with Crippen molar-refractivity contribution in [1.29, 1.82) is 0 Å². The summed E-state index contributed by atoms with van der Waals surface area (Å²) < 4.78 is 2.34. The summed E-state index contributed by atoms with van der Waals surface area (Å²) in [4.78, 5) is 7.28. The van der Waals surface area contributed by atoms with Gasteiger partial charge in [0.15, 0.2) is 0 Å². The average molecular weight is 306 g/mol. The highest BCUT2D eigenvalue weighted by molar-refractivity contribution is 6.16. The third kappa shape index (κ3) is 3.09. The van der Waals surface area contributed by atoms with Crippen LogP contribution in [0.3, 0.4) is 0 Å². The second kappa shape index (κ2) is 6.37. The zero-order chi connectivity index (χ0) is 14.8. The van der Waals surface area contributed by atoms with Gasteiger partial charge in [-0.2, -0.15) is 0 Å². The summed E-state index contributed by atoms with van der Waals surface area (Å²) in [5, 5.41) is 0. The lowest BCUT2D eigenvalue weighted by Gasteiger charge is -2.30. The van der Waals surface area contributed by atoms with E-state index in [1.807, 2.05) is 0 Å². The number of likely N-dealkylation sites (tertiary alicyclic amines) is 1. The van der Waals surface area contributed by atoms with E-state index in [1.165, 1.54) is 43.4 Å². The molecule has 0 amide bonds. The number of nitrogens with zero attached hydrogens (tertiary/aromatic N) is 3. The fourth-order valence-electron chi connectivity index (χ4n) is 3.44. The zero-order valence-corrected chi connectivity index (χ0v) is 13.7. The molecule has 21 heavy (non-hydrogen) atoms. The lowest BCUT2D eigenvalue weighted by molar-refractivity contribution is 0.202. The number of hydrogen-bond donors (Lipinski definition) is 0. The smallest absolute Gasteiger partial charge is 0.125 e. The predicted octanol–water partition coefficient (Wildman–Crippen LogP) is 4.13. The molecule has 4 heteroatoms. The molecule has 114 valence electrons. The van der Waals surface area contributed by atoms with Crippen molar-refractivity contribution in [2.45, 2.75) is 45.0 Å². The standard InChI is InChI=1S/C17H24ClN3/c1-13-6-7-15-16(10-13)21(17(11-18)19-15)14(2)12-20-8-4-3-5-9-20/h6-7,10,14H,3-5,8-9,11-12H2,1-2H3. The quantitative estimate of drug-likeness (QED) is 0.792. The van der Waals surface area contributed by atoms with Crippen molar-refractivity contribution >= 4 is 22.6 Å². The highest BCUT2D eigenvalue weighted by Gasteiger charge is 2.19. The molecule has 1 aliphatic rings. The molecule has 1 fully saturated rings. The van der Waals surface area contributed by atoms with E-state index in [0.29, 0.717) is 11.9 Å². The minimum atomic E-state index is 0.406. The number of aryl methyl sites for hydroxylation is 1. The molecule has 1 unspecified atom stereocenters. The molecule has 2 heterocycles. The molecule has 3 nitrogen and oxygen atoms in total. The molecule has 1 aliphatic heterocycles. The Morgan fingerprint density at radius 1 is 1.24 bits per heavy atom. The zero-order valence-electron chi connectivity index (χ0n) is 13.0. The summed E-state index contributed by atoms with van der Waals surface area (Å²) in [5.41, 5.74) is 3.55. The Hall–Kier alpha value is -1.06. The van der Waals surface area contributed by atoms with E-state index < -0.39 is 0 Å². The first-order chi connectivity index (χ1) is 10.2. The van der Waals surface area contributed by atoms with Crippen LogP contribution in [0.2, 0.25) is 0 Å². The van der Waals surface area contributed by atoms with Crippen molar-refractivity contribution in [1.82, 2.24) is 14.5 Å². The number of hydrogen-bond acceptors (Lipinski definition) is 2. The Bertz CT molecular complexity index is 614. The lowest BCUT2D eigenvalue weighted by atomic mass is 10.1. The lowest BCUT2D eigenvalue weighted by Crippen LogP contribution is -2.34. The van der Waals surface area contributed by atoms with Crippen LogP contribution in [0, 0.1) is 6.92 Å². The van der Waals surface area contributed by atoms with E-state index in [1.54, 1.807) is 0 Å². The van der Waals surface area contributed by atoms with Gasteiger partial charge in [-0.1, -0.05) is 12.5 Å². The Labute approximate surface area is 131 Å². The summed E-state index contributed by atoms with van der Waals surface area (Å²) in [6, 6.07) is 6.85. The van der Waals surface area contributed by atoms with Crippen LogP contribution in [0.4, 0.5) is 0 Å². The maximum Gasteiger partial charge on any atom is 0.125 e. The van der Waals surface area contributed by atoms with Crippen LogP contribution in [-0.4, -0.2) is 34.1 Å². The number of fused-ring (bicyclic) bond motifs is 1. The maximum atomic E-state index is 6.13. The van der Waals surface area contributed by atoms with Gasteiger partial charge in [0.25, 0.3) is 0 Å². The molecule has 0 radical (unpaired) electrons. The van der Waals surface area contributed by atoms with Crippen LogP contribution < -0.4 is 0 Å². The van der Waals surface area contributed by atoms with E-state index in [9.17, 15) is 0 Å². The largest absolute Gasteiger partial charge is 0.323 e. The van der Waals surface area contributed by atoms with Gasteiger partial charge in [0, 0.05) is 12.6 Å². The molecule has 2 aromatic rings. The van der Waals surface area contributed by atoms with Crippen LogP contribution in [0.25, 0.3) is 11.0 Å². The Morgan fingerprint density at radius 3 is 2.71 bits per heavy atom. The van der Waals surface area contributed by atoms with Crippen molar-refractivity contribution in [2.24, 2.45) is 0 Å². The topological polar surface area (TPSA) is 21.1 Å². The molecule has 1 saturated heterocycles. The Kier molecular flexibility index (Phi) is 4.51. The maximum absolute atomic E-state index is 6.13. The Morgan fingerprint density at radius 2 is 2.00 bits per heavy atom. The fourth-order valence-corrected chi connectivity index (χ4v) is 3.62. The van der Waals surface area contributed by atoms with Crippen LogP contribution in [0.15, 0.2) is 18.2 Å². The molecule has 0 spiro atoms. The summed E-state index contributed by atoms with van der Waals surface area (Å²) >= 11 is 6.13. The van der Waals surface area contributed by atoms with Crippen molar-refractivity contribution in [3.8, 4) is 0 Å². The SMILES string of the molecule is Cc1ccc2nc(CCl)n(C(C)CN3CCCCC3)c2c1. The number of imidazole rings is 1. The van der Waals surface area contributed by atoms with Gasteiger partial charge in [-0.05, 0) is 57.5 Å². The fraction of sp³-hybridized carbons (Fsp3) is 0.588. The summed E-state index contributed by atoms with van der Waals surface area (Å²) in [5.74, 6) is 1.46. The molecule has 1 aromatic carbocycles. The van der Waals surface area contributed by atoms with Gasteiger partial charge in [-0.15, -0.1) is 11.6 Å². The normalized spacial score (nSPS) is 18.2. The number of benzene rings is 1. The summed E-state index contributed by atoms with van der Waals surface area (Å²) in [6.07, 6.45) is 4.04. The van der Waals surface area contributed by atoms with Gasteiger partial charge in [-0.25, -0.2) is 4.98 Å². The monoisotopic (exact) mass is 305 g/mol. The first kappa shape index (κ1) is 14.9. The van der Waals surface area contributed by atoms with Crippen LogP contribution in [-0.2, 0) is 5.88 Å². The minimum Gasteiger partial charge on any atom is -0.323 e. The van der Waals surface area contributed by atoms with Crippen molar-refractivity contribution in [2.75, 3.05) is 19.6 Å². The molecular weight excluding hydrogens is 282 g/mol. The van der Waals surface area contributed by atoms with E-state index in [-0.39, 0.29) is 0 Å². The average Bonchev–Trinajstić information content (AvgIpc) is 2.86. The number of piperidine rings is 1. The molecule has 1 atom stereocenters. The van der Waals surface area contributed by atoms with Gasteiger partial charge in [0.2, 0.25) is 0 Å². The summed E-state index contributed by atoms with van der Waals surface area (Å²) in [6.45, 7) is 7.96. The highest BCUT2D eigenvalue weighted by atomic mass is 35.5. The van der Waals surface area contributed by atoms with Gasteiger partial charge >= 0.3 is 0 Å². The van der Waals surface area contributed by atoms with Crippen LogP contribution in [0.5, 0.6) is 0 Å². The second-order valence-electron chi connectivity index (χ2n) is 6.23. The highest BCUT2D eigenvalue weighted by Crippen LogP contribution is 2.24. The van der Waals surface area contributed by atoms with Crippen molar-refractivity contribution in [3.05, 3.63) is 29.6 Å². The van der Waals surface area contributed by atoms with E-state index in [2.05, 4.69) is 41.5 Å². The van der Waals surface area contributed by atoms with E-state index in [0.717, 1.165) is 17.9 Å². The van der Waals surface area contributed by atoms with Gasteiger partial charge < -0.3 is 9.47 Å². The minimum absolute atomic E-state index is 0.406. The second-order valence-corrected chi connectivity index (χ2v) is 6.50. The molecule has 0 aliphatic carbocycles. The number of aromatic nitrogens is 2. The van der Waals surface area contributed by atoms with Crippen LogP contribution >= 0.6 is 11.6 Å². The number of alkyl halides is 1. The van der Waals surface area contributed by atoms with Crippen molar-refractivity contribution in [3.63, 3.8) is 0 Å². The van der Waals surface area contributed by atoms with Crippen LogP contribution in [0.1, 0.15) is 43.6 Å². The van der Waals surface area contributed by atoms with Gasteiger partial charge in [0.05, 0.1) is 16.9 Å². The molecular formula is C17H24ClN3. The number of halogens is 1. The van der Waals surface area contributed by atoms with Gasteiger partial charge in [-0.3, -0.25) is 0 Å². The third-order valence-corrected chi connectivity index (χ3v) is 4.69. The molecule has 0 N–H and O–H groups in total. The predicted molar refractivity (Wildman–Crippen MR) is 89.0 cm³/mol. The first-order valence-corrected chi connectivity index (χ1v) is 8.48. The van der Waals surface area contributed by atoms with E-state index in [4.69, 9.17) is 16.6 Å². The third-order valence-electron chi connectivity index (χ3n) is 4.45. The molecule has 1 aromatic heterocycles. The summed E-state index contributed by atoms with van der Waals surface area (Å²) in [7, 11) is 0. The molecule has 0 saturated carbocycles. The molecule has 0 bridgehead atoms. The first-order valence-electron chi connectivity index (χ1n) is 7.95. The van der Waals surface area contributed by atoms with Crippen molar-refractivity contribution < 1.29 is 0 Å². The molecule has 3 rings (SSSR count). The Balaban J connectivity index is 1.91.